The smallest absolute Gasteiger partial charge is 0.349 e. The number of amides is 1. The molecule has 3 aromatic carbocycles. The summed E-state index contributed by atoms with van der Waals surface area (Å²) in [5.41, 5.74) is 2.39. The maximum absolute atomic E-state index is 12.7. The molecule has 0 unspecified atom stereocenters. The van der Waals surface area contributed by atoms with Gasteiger partial charge in [-0.05, 0) is 72.9 Å². The van der Waals surface area contributed by atoms with Gasteiger partial charge in [-0.2, -0.15) is 0 Å². The Hall–Kier alpha value is -4.85. The lowest BCUT2D eigenvalue weighted by Gasteiger charge is -2.22. The lowest BCUT2D eigenvalue weighted by Crippen LogP contribution is -2.38. The number of benzene rings is 3. The summed E-state index contributed by atoms with van der Waals surface area (Å²) in [5.74, 6) is 0.292. The second-order valence-electron chi connectivity index (χ2n) is 10.3. The summed E-state index contributed by atoms with van der Waals surface area (Å²) in [5, 5.41) is 3.49. The number of carbonyl (C=O) groups is 2. The Morgan fingerprint density at radius 1 is 0.976 bits per heavy atom. The molecule has 1 saturated carbocycles. The predicted molar refractivity (Wildman–Crippen MR) is 160 cm³/mol. The number of hydrogen-bond donors (Lipinski definition) is 1. The molecule has 0 spiro atoms. The van der Waals surface area contributed by atoms with Crippen LogP contribution in [0.4, 0.5) is 0 Å². The summed E-state index contributed by atoms with van der Waals surface area (Å²) in [7, 11) is 1.56. The average Bonchev–Trinajstić information content (AvgIpc) is 3.00. The van der Waals surface area contributed by atoms with E-state index in [1.807, 2.05) is 37.3 Å². The van der Waals surface area contributed by atoms with Crippen molar-refractivity contribution in [3.8, 4) is 17.2 Å². The Kier molecular flexibility index (Phi) is 9.02. The largest absolute Gasteiger partial charge is 0.493 e. The SMILES string of the molecule is COc1cc(/C=C/C(=O)Oc2ccc3cc(C(=O)NC4CCCCC4)c(=O)oc3c2)ccc1OCc1ccccc1C. The van der Waals surface area contributed by atoms with Gasteiger partial charge in [-0.15, -0.1) is 0 Å². The van der Waals surface area contributed by atoms with Crippen LogP contribution in [0, 0.1) is 6.92 Å². The summed E-state index contributed by atoms with van der Waals surface area (Å²) < 4.78 is 22.3. The Morgan fingerprint density at radius 3 is 2.57 bits per heavy atom. The van der Waals surface area contributed by atoms with Crippen LogP contribution in [0.25, 0.3) is 17.0 Å². The molecule has 1 aliphatic carbocycles. The molecule has 0 bridgehead atoms. The van der Waals surface area contributed by atoms with E-state index >= 15 is 0 Å². The van der Waals surface area contributed by atoms with Crippen LogP contribution in [0.15, 0.2) is 82.0 Å². The second-order valence-corrected chi connectivity index (χ2v) is 10.3. The van der Waals surface area contributed by atoms with Gasteiger partial charge >= 0.3 is 11.6 Å². The van der Waals surface area contributed by atoms with Gasteiger partial charge in [0.05, 0.1) is 7.11 Å². The Labute approximate surface area is 243 Å². The molecule has 0 radical (unpaired) electrons. The highest BCUT2D eigenvalue weighted by Crippen LogP contribution is 2.30. The minimum Gasteiger partial charge on any atom is -0.493 e. The summed E-state index contributed by atoms with van der Waals surface area (Å²) in [4.78, 5) is 37.8. The topological polar surface area (TPSA) is 104 Å². The summed E-state index contributed by atoms with van der Waals surface area (Å²) in [6.45, 7) is 2.44. The molecular weight excluding hydrogens is 534 g/mol. The van der Waals surface area contributed by atoms with Gasteiger partial charge in [0.1, 0.15) is 23.5 Å². The van der Waals surface area contributed by atoms with Crippen molar-refractivity contribution in [2.45, 2.75) is 51.7 Å². The van der Waals surface area contributed by atoms with E-state index in [9.17, 15) is 14.4 Å². The summed E-state index contributed by atoms with van der Waals surface area (Å²) in [6.07, 6.45) is 8.03. The number of carbonyl (C=O) groups excluding carboxylic acids is 2. The molecular formula is C34H33NO7. The van der Waals surface area contributed by atoms with Gasteiger partial charge in [-0.1, -0.05) is 49.6 Å². The Balaban J connectivity index is 1.22. The molecule has 0 atom stereocenters. The quantitative estimate of drug-likeness (QED) is 0.108. The molecule has 1 aliphatic rings. The first-order valence-corrected chi connectivity index (χ1v) is 14.0. The minimum absolute atomic E-state index is 0.0391. The molecule has 1 N–H and O–H groups in total. The highest BCUT2D eigenvalue weighted by molar-refractivity contribution is 5.97. The minimum atomic E-state index is -0.737. The number of fused-ring (bicyclic) bond motifs is 1. The fourth-order valence-electron chi connectivity index (χ4n) is 4.97. The van der Waals surface area contributed by atoms with Crippen molar-refractivity contribution in [1.82, 2.24) is 5.32 Å². The number of aryl methyl sites for hydroxylation is 1. The van der Waals surface area contributed by atoms with E-state index in [1.165, 1.54) is 24.6 Å². The Bertz CT molecular complexity index is 1680. The van der Waals surface area contributed by atoms with Crippen molar-refractivity contribution in [1.29, 1.82) is 0 Å². The Morgan fingerprint density at radius 2 is 1.79 bits per heavy atom. The van der Waals surface area contributed by atoms with Crippen molar-refractivity contribution in [3.05, 3.63) is 105 Å². The molecule has 5 rings (SSSR count). The highest BCUT2D eigenvalue weighted by Gasteiger charge is 2.20. The van der Waals surface area contributed by atoms with E-state index in [1.54, 1.807) is 37.5 Å². The average molecular weight is 568 g/mol. The third-order valence-corrected chi connectivity index (χ3v) is 7.35. The van der Waals surface area contributed by atoms with Gasteiger partial charge < -0.3 is 23.9 Å². The third-order valence-electron chi connectivity index (χ3n) is 7.35. The zero-order chi connectivity index (χ0) is 29.5. The fourth-order valence-corrected chi connectivity index (χ4v) is 4.97. The van der Waals surface area contributed by atoms with Crippen molar-refractivity contribution < 1.29 is 28.2 Å². The standard InChI is InChI=1S/C34H33NO7/c1-22-8-6-7-9-25(22)21-40-29-16-12-23(18-31(29)39-2)13-17-32(36)41-27-15-14-24-19-28(34(38)42-30(24)20-27)33(37)35-26-10-4-3-5-11-26/h6-9,12-20,26H,3-5,10-11,21H2,1-2H3,(H,35,37)/b17-13+. The van der Waals surface area contributed by atoms with Crippen LogP contribution in [0.5, 0.6) is 17.2 Å². The van der Waals surface area contributed by atoms with Gasteiger partial charge in [0, 0.05) is 23.6 Å². The van der Waals surface area contributed by atoms with Crippen LogP contribution in [0.1, 0.15) is 59.2 Å². The van der Waals surface area contributed by atoms with Crippen LogP contribution in [-0.2, 0) is 11.4 Å². The lowest BCUT2D eigenvalue weighted by molar-refractivity contribution is -0.128. The molecule has 4 aromatic rings. The molecule has 8 nitrogen and oxygen atoms in total. The summed E-state index contributed by atoms with van der Waals surface area (Å²) >= 11 is 0. The fraction of sp³-hybridized carbons (Fsp3) is 0.265. The van der Waals surface area contributed by atoms with Crippen molar-refractivity contribution in [2.24, 2.45) is 0 Å². The maximum atomic E-state index is 12.7. The van der Waals surface area contributed by atoms with Gasteiger partial charge in [0.2, 0.25) is 0 Å². The van der Waals surface area contributed by atoms with Crippen molar-refractivity contribution in [3.63, 3.8) is 0 Å². The normalized spacial score (nSPS) is 13.7. The van der Waals surface area contributed by atoms with E-state index in [-0.39, 0.29) is 22.9 Å². The van der Waals surface area contributed by atoms with Crippen LogP contribution in [0.2, 0.25) is 0 Å². The lowest BCUT2D eigenvalue weighted by atomic mass is 9.95. The number of methoxy groups -OCH3 is 1. The van der Waals surface area contributed by atoms with E-state index in [4.69, 9.17) is 18.6 Å². The van der Waals surface area contributed by atoms with E-state index in [0.29, 0.717) is 23.5 Å². The molecule has 1 heterocycles. The van der Waals surface area contributed by atoms with Gasteiger partial charge in [0.25, 0.3) is 5.91 Å². The van der Waals surface area contributed by atoms with Gasteiger partial charge in [-0.3, -0.25) is 4.79 Å². The molecule has 8 heteroatoms. The number of nitrogens with one attached hydrogen (secondary N) is 1. The predicted octanol–water partition coefficient (Wildman–Crippen LogP) is 6.37. The maximum Gasteiger partial charge on any atom is 0.349 e. The number of esters is 1. The zero-order valence-corrected chi connectivity index (χ0v) is 23.7. The molecule has 1 amide bonds. The molecule has 42 heavy (non-hydrogen) atoms. The monoisotopic (exact) mass is 567 g/mol. The number of hydrogen-bond acceptors (Lipinski definition) is 7. The summed E-state index contributed by atoms with van der Waals surface area (Å²) in [6, 6.07) is 19.6. The highest BCUT2D eigenvalue weighted by atomic mass is 16.5. The molecule has 0 aliphatic heterocycles. The van der Waals surface area contributed by atoms with Gasteiger partial charge in [-0.25, -0.2) is 9.59 Å². The first-order valence-electron chi connectivity index (χ1n) is 14.0. The number of ether oxygens (including phenoxy) is 3. The molecule has 0 saturated heterocycles. The molecule has 1 fully saturated rings. The first kappa shape index (κ1) is 28.7. The van der Waals surface area contributed by atoms with Crippen LogP contribution in [-0.4, -0.2) is 25.0 Å². The number of rotatable bonds is 9. The van der Waals surface area contributed by atoms with Gasteiger partial charge in [0.15, 0.2) is 11.5 Å². The van der Waals surface area contributed by atoms with E-state index < -0.39 is 17.5 Å². The van der Waals surface area contributed by atoms with Crippen LogP contribution in [0.3, 0.4) is 0 Å². The third kappa shape index (κ3) is 7.07. The molecule has 1 aromatic heterocycles. The van der Waals surface area contributed by atoms with Crippen LogP contribution < -0.4 is 25.2 Å². The van der Waals surface area contributed by atoms with Crippen molar-refractivity contribution >= 4 is 28.9 Å². The zero-order valence-electron chi connectivity index (χ0n) is 23.7. The van der Waals surface area contributed by atoms with Crippen LogP contribution >= 0.6 is 0 Å². The van der Waals surface area contributed by atoms with E-state index in [0.717, 1.165) is 42.4 Å². The van der Waals surface area contributed by atoms with Crippen molar-refractivity contribution in [2.75, 3.05) is 7.11 Å². The second kappa shape index (κ2) is 13.2. The first-order chi connectivity index (χ1) is 20.4. The van der Waals surface area contributed by atoms with E-state index in [2.05, 4.69) is 5.32 Å². The molecule has 216 valence electrons.